The molecule has 3 aromatic rings. The molecule has 29 heavy (non-hydrogen) atoms. The van der Waals surface area contributed by atoms with Crippen LogP contribution in [0.5, 0.6) is 0 Å². The van der Waals surface area contributed by atoms with Crippen LogP contribution in [0.15, 0.2) is 54.7 Å². The van der Waals surface area contributed by atoms with Crippen molar-refractivity contribution in [3.05, 3.63) is 76.7 Å². The van der Waals surface area contributed by atoms with Crippen molar-refractivity contribution in [2.75, 3.05) is 0 Å². The largest absolute Gasteiger partial charge is 0.346 e. The molecule has 0 unspecified atom stereocenters. The Labute approximate surface area is 183 Å². The summed E-state index contributed by atoms with van der Waals surface area (Å²) in [5.74, 6) is -0.238. The van der Waals surface area contributed by atoms with Crippen LogP contribution in [0, 0.1) is 11.7 Å². The molecule has 3 nitrogen and oxygen atoms in total. The Morgan fingerprint density at radius 2 is 1.93 bits per heavy atom. The monoisotopic (exact) mass is 432 g/mol. The van der Waals surface area contributed by atoms with Crippen LogP contribution in [-0.2, 0) is 6.42 Å². The van der Waals surface area contributed by atoms with E-state index in [1.54, 1.807) is 18.2 Å². The van der Waals surface area contributed by atoms with E-state index in [1.807, 2.05) is 31.2 Å². The van der Waals surface area contributed by atoms with Gasteiger partial charge in [-0.1, -0.05) is 55.8 Å². The minimum Gasteiger partial charge on any atom is -0.346 e. The fourth-order valence-corrected chi connectivity index (χ4v) is 3.93. The Morgan fingerprint density at radius 1 is 1.21 bits per heavy atom. The molecule has 1 amide bonds. The zero-order chi connectivity index (χ0) is 20.3. The number of rotatable bonds is 6. The Bertz CT molecular complexity index is 1010. The fraction of sp³-hybridized carbons (Fsp3) is 0.304. The van der Waals surface area contributed by atoms with E-state index in [9.17, 15) is 9.18 Å². The highest BCUT2D eigenvalue weighted by atomic mass is 35.5. The first-order chi connectivity index (χ1) is 13.3. The first-order valence-corrected chi connectivity index (χ1v) is 9.75. The molecule has 0 radical (unpaired) electrons. The quantitative estimate of drug-likeness (QED) is 0.525. The van der Waals surface area contributed by atoms with E-state index in [0.29, 0.717) is 28.3 Å². The highest BCUT2D eigenvalue weighted by Gasteiger charge is 2.29. The van der Waals surface area contributed by atoms with Gasteiger partial charge in [-0.05, 0) is 49.4 Å². The first kappa shape index (κ1) is 23.2. The molecule has 1 heterocycles. The Balaban J connectivity index is 0.00000300. The molecular weight excluding hydrogens is 407 g/mol. The number of nitrogens with zero attached hydrogens (tertiary/aromatic N) is 1. The van der Waals surface area contributed by atoms with Crippen LogP contribution in [0.4, 0.5) is 4.39 Å². The van der Waals surface area contributed by atoms with Crippen LogP contribution in [-0.4, -0.2) is 16.4 Å². The first-order valence-electron chi connectivity index (χ1n) is 9.37. The van der Waals surface area contributed by atoms with Crippen molar-refractivity contribution in [2.24, 2.45) is 5.92 Å². The van der Waals surface area contributed by atoms with Gasteiger partial charge >= 0.3 is 0 Å². The zero-order valence-electron chi connectivity index (χ0n) is 16.8. The maximum absolute atomic E-state index is 13.8. The minimum atomic E-state index is -0.479. The zero-order valence-corrected chi connectivity index (χ0v) is 18.6. The number of benzene rings is 2. The molecule has 0 fully saturated rings. The molecule has 6 heteroatoms. The molecule has 2 aromatic carbocycles. The van der Waals surface area contributed by atoms with Gasteiger partial charge in [-0.2, -0.15) is 13.5 Å². The van der Waals surface area contributed by atoms with Gasteiger partial charge in [-0.25, -0.2) is 4.39 Å². The number of carbonyl (C=O) groups is 1. The van der Waals surface area contributed by atoms with E-state index in [0.717, 1.165) is 12.0 Å². The van der Waals surface area contributed by atoms with Gasteiger partial charge in [0.2, 0.25) is 0 Å². The standard InChI is InChI=1S/C23H24ClFN2O.H2S/c1-15(2)12-23(3,13-17-7-4-5-9-19(17)24)27-22(28)18-11-16-8-6-10-20(25)21(16)26-14-18;/h4-11,14-15H,12-13H2,1-3H3,(H,27,28);1H2/t23-;/m0./s1. The third-order valence-corrected chi connectivity index (χ3v) is 5.11. The Kier molecular flexibility index (Phi) is 7.66. The molecular formula is C23H26ClFN2OS. The third-order valence-electron chi connectivity index (χ3n) is 4.74. The second kappa shape index (κ2) is 9.59. The lowest BCUT2D eigenvalue weighted by Crippen LogP contribution is -2.48. The van der Waals surface area contributed by atoms with Crippen molar-refractivity contribution in [3.8, 4) is 0 Å². The summed E-state index contributed by atoms with van der Waals surface area (Å²) < 4.78 is 13.8. The number of amides is 1. The number of hydrogen-bond acceptors (Lipinski definition) is 2. The van der Waals surface area contributed by atoms with Gasteiger partial charge in [0.25, 0.3) is 5.91 Å². The molecule has 0 bridgehead atoms. The maximum atomic E-state index is 13.8. The number of fused-ring (bicyclic) bond motifs is 1. The molecule has 1 atom stereocenters. The average molecular weight is 433 g/mol. The topological polar surface area (TPSA) is 42.0 Å². The van der Waals surface area contributed by atoms with Gasteiger partial charge in [0.1, 0.15) is 11.3 Å². The number of pyridine rings is 1. The van der Waals surface area contributed by atoms with Crippen LogP contribution < -0.4 is 5.32 Å². The SMILES string of the molecule is CC(C)C[C@@](C)(Cc1ccccc1Cl)NC(=O)c1cnc2c(F)cccc2c1.S. The summed E-state index contributed by atoms with van der Waals surface area (Å²) in [6.45, 7) is 6.27. The predicted molar refractivity (Wildman–Crippen MR) is 123 cm³/mol. The summed E-state index contributed by atoms with van der Waals surface area (Å²) in [6.07, 6.45) is 2.83. The number of aromatic nitrogens is 1. The molecule has 0 aliphatic rings. The normalized spacial score (nSPS) is 13.0. The lowest BCUT2D eigenvalue weighted by atomic mass is 9.84. The summed E-state index contributed by atoms with van der Waals surface area (Å²) in [5.41, 5.74) is 1.19. The van der Waals surface area contributed by atoms with Crippen molar-refractivity contribution in [2.45, 2.75) is 39.2 Å². The second-order valence-corrected chi connectivity index (χ2v) is 8.32. The molecule has 0 saturated heterocycles. The van der Waals surface area contributed by atoms with Crippen molar-refractivity contribution in [1.29, 1.82) is 0 Å². The van der Waals surface area contributed by atoms with E-state index >= 15 is 0 Å². The van der Waals surface area contributed by atoms with Gasteiger partial charge in [0.05, 0.1) is 5.56 Å². The molecule has 3 rings (SSSR count). The molecule has 0 aliphatic heterocycles. The van der Waals surface area contributed by atoms with Gasteiger partial charge in [0.15, 0.2) is 0 Å². The van der Waals surface area contributed by atoms with Gasteiger partial charge < -0.3 is 5.32 Å². The highest BCUT2D eigenvalue weighted by molar-refractivity contribution is 7.59. The van der Waals surface area contributed by atoms with E-state index in [1.165, 1.54) is 12.3 Å². The van der Waals surface area contributed by atoms with E-state index in [-0.39, 0.29) is 24.9 Å². The average Bonchev–Trinajstić information content (AvgIpc) is 2.62. The summed E-state index contributed by atoms with van der Waals surface area (Å²) in [4.78, 5) is 17.1. The smallest absolute Gasteiger partial charge is 0.253 e. The third kappa shape index (κ3) is 5.71. The summed E-state index contributed by atoms with van der Waals surface area (Å²) >= 11 is 6.34. The Hall–Kier alpha value is -2.11. The number of hydrogen-bond donors (Lipinski definition) is 1. The summed E-state index contributed by atoms with van der Waals surface area (Å²) in [5, 5.41) is 4.46. The molecule has 0 spiro atoms. The van der Waals surface area contributed by atoms with Crippen LogP contribution >= 0.6 is 25.1 Å². The maximum Gasteiger partial charge on any atom is 0.253 e. The molecule has 154 valence electrons. The van der Waals surface area contributed by atoms with Crippen LogP contribution in [0.2, 0.25) is 5.02 Å². The minimum absolute atomic E-state index is 0. The molecule has 0 saturated carbocycles. The van der Waals surface area contributed by atoms with Crippen molar-refractivity contribution >= 4 is 41.9 Å². The van der Waals surface area contributed by atoms with E-state index in [4.69, 9.17) is 11.6 Å². The van der Waals surface area contributed by atoms with Crippen LogP contribution in [0.25, 0.3) is 10.9 Å². The fourth-order valence-electron chi connectivity index (χ4n) is 3.72. The van der Waals surface area contributed by atoms with Gasteiger partial charge in [-0.3, -0.25) is 9.78 Å². The van der Waals surface area contributed by atoms with E-state index < -0.39 is 11.4 Å². The van der Waals surface area contributed by atoms with Crippen molar-refractivity contribution in [3.63, 3.8) is 0 Å². The lowest BCUT2D eigenvalue weighted by Gasteiger charge is -2.33. The van der Waals surface area contributed by atoms with E-state index in [2.05, 4.69) is 24.1 Å². The predicted octanol–water partition coefficient (Wildman–Crippen LogP) is 5.92. The molecule has 0 aliphatic carbocycles. The number of para-hydroxylation sites is 1. The van der Waals surface area contributed by atoms with Crippen molar-refractivity contribution in [1.82, 2.24) is 10.3 Å². The van der Waals surface area contributed by atoms with Crippen molar-refractivity contribution < 1.29 is 9.18 Å². The molecule has 1 aromatic heterocycles. The Morgan fingerprint density at radius 3 is 2.62 bits per heavy atom. The number of nitrogens with one attached hydrogen (secondary N) is 1. The van der Waals surface area contributed by atoms with Crippen LogP contribution in [0.3, 0.4) is 0 Å². The molecule has 1 N–H and O–H groups in total. The summed E-state index contributed by atoms with van der Waals surface area (Å²) in [7, 11) is 0. The van der Waals surface area contributed by atoms with Gasteiger partial charge in [-0.15, -0.1) is 0 Å². The summed E-state index contributed by atoms with van der Waals surface area (Å²) in [6, 6.07) is 14.1. The highest BCUT2D eigenvalue weighted by Crippen LogP contribution is 2.26. The lowest BCUT2D eigenvalue weighted by molar-refractivity contribution is 0.0894. The number of halogens is 2. The second-order valence-electron chi connectivity index (χ2n) is 7.92. The number of carbonyl (C=O) groups excluding carboxylic acids is 1. The van der Waals surface area contributed by atoms with Crippen LogP contribution in [0.1, 0.15) is 43.1 Å². The van der Waals surface area contributed by atoms with Gasteiger partial charge in [0, 0.05) is 22.1 Å².